The van der Waals surface area contributed by atoms with Gasteiger partial charge in [-0.1, -0.05) is 18.2 Å². The average Bonchev–Trinajstić information content (AvgIpc) is 2.81. The van der Waals surface area contributed by atoms with Crippen LogP contribution in [0.25, 0.3) is 20.8 Å². The first-order valence-corrected chi connectivity index (χ1v) is 6.43. The second kappa shape index (κ2) is 4.48. The zero-order chi connectivity index (χ0) is 12.5. The van der Waals surface area contributed by atoms with Crippen LogP contribution in [0.3, 0.4) is 0 Å². The fourth-order valence-electron chi connectivity index (χ4n) is 1.84. The molecule has 0 unspecified atom stereocenters. The zero-order valence-electron chi connectivity index (χ0n) is 9.56. The molecule has 0 fully saturated rings. The minimum absolute atomic E-state index is 0.241. The van der Waals surface area contributed by atoms with Gasteiger partial charge in [-0.25, -0.2) is 9.37 Å². The van der Waals surface area contributed by atoms with Crippen molar-refractivity contribution in [2.45, 2.75) is 6.54 Å². The predicted octanol–water partition coefficient (Wildman–Crippen LogP) is 3.56. The number of hydrogen-bond acceptors (Lipinski definition) is 3. The van der Waals surface area contributed by atoms with Crippen molar-refractivity contribution in [2.75, 3.05) is 0 Å². The van der Waals surface area contributed by atoms with Gasteiger partial charge in [-0.2, -0.15) is 0 Å². The number of nitrogens with two attached hydrogens (primary N) is 1. The molecule has 1 heterocycles. The summed E-state index contributed by atoms with van der Waals surface area (Å²) in [6, 6.07) is 12.5. The normalized spacial score (nSPS) is 11.0. The van der Waals surface area contributed by atoms with Crippen LogP contribution >= 0.6 is 11.3 Å². The van der Waals surface area contributed by atoms with Gasteiger partial charge in [0, 0.05) is 12.1 Å². The van der Waals surface area contributed by atoms with Crippen LogP contribution in [0.1, 0.15) is 5.56 Å². The first kappa shape index (κ1) is 11.3. The summed E-state index contributed by atoms with van der Waals surface area (Å²) in [7, 11) is 0. The fourth-order valence-corrected chi connectivity index (χ4v) is 2.79. The minimum Gasteiger partial charge on any atom is -0.326 e. The van der Waals surface area contributed by atoms with Crippen LogP contribution in [0.5, 0.6) is 0 Å². The highest BCUT2D eigenvalue weighted by Gasteiger charge is 2.07. The van der Waals surface area contributed by atoms with E-state index in [1.807, 2.05) is 24.3 Å². The summed E-state index contributed by atoms with van der Waals surface area (Å²) >= 11 is 1.56. The molecule has 0 aliphatic carbocycles. The second-order valence-electron chi connectivity index (χ2n) is 4.04. The predicted molar refractivity (Wildman–Crippen MR) is 72.9 cm³/mol. The van der Waals surface area contributed by atoms with Crippen molar-refractivity contribution >= 4 is 21.6 Å². The quantitative estimate of drug-likeness (QED) is 0.763. The van der Waals surface area contributed by atoms with Crippen molar-refractivity contribution in [1.82, 2.24) is 4.98 Å². The van der Waals surface area contributed by atoms with Crippen LogP contribution in [-0.2, 0) is 6.54 Å². The number of aromatic nitrogens is 1. The molecule has 0 bridgehead atoms. The maximum atomic E-state index is 13.2. The summed E-state index contributed by atoms with van der Waals surface area (Å²) in [6.45, 7) is 0.503. The first-order chi connectivity index (χ1) is 8.76. The molecule has 0 saturated heterocycles. The van der Waals surface area contributed by atoms with Gasteiger partial charge in [0.15, 0.2) is 0 Å². The maximum absolute atomic E-state index is 13.2. The molecule has 3 aromatic rings. The number of nitrogens with zero attached hydrogens (tertiary/aromatic N) is 1. The van der Waals surface area contributed by atoms with Gasteiger partial charge in [-0.3, -0.25) is 0 Å². The summed E-state index contributed by atoms with van der Waals surface area (Å²) in [5.41, 5.74) is 8.39. The van der Waals surface area contributed by atoms with E-state index in [1.165, 1.54) is 12.1 Å². The lowest BCUT2D eigenvalue weighted by atomic mass is 10.2. The van der Waals surface area contributed by atoms with Gasteiger partial charge in [0.25, 0.3) is 0 Å². The lowest BCUT2D eigenvalue weighted by Crippen LogP contribution is -1.94. The van der Waals surface area contributed by atoms with Gasteiger partial charge in [0.1, 0.15) is 10.8 Å². The van der Waals surface area contributed by atoms with E-state index in [9.17, 15) is 4.39 Å². The second-order valence-corrected chi connectivity index (χ2v) is 5.07. The van der Waals surface area contributed by atoms with Gasteiger partial charge in [-0.15, -0.1) is 11.3 Å². The molecule has 0 aliphatic heterocycles. The molecule has 0 radical (unpaired) electrons. The number of hydrogen-bond donors (Lipinski definition) is 1. The van der Waals surface area contributed by atoms with Gasteiger partial charge in [0.05, 0.1) is 10.2 Å². The third-order valence-corrected chi connectivity index (χ3v) is 3.84. The molecule has 0 amide bonds. The SMILES string of the molecule is NCc1ccc2sc(-c3cccc(F)c3)nc2c1. The van der Waals surface area contributed by atoms with Crippen LogP contribution in [0, 0.1) is 5.82 Å². The largest absolute Gasteiger partial charge is 0.326 e. The zero-order valence-corrected chi connectivity index (χ0v) is 10.4. The summed E-state index contributed by atoms with van der Waals surface area (Å²) in [6.07, 6.45) is 0. The Kier molecular flexibility index (Phi) is 2.81. The molecule has 4 heteroatoms. The van der Waals surface area contributed by atoms with Gasteiger partial charge >= 0.3 is 0 Å². The Hall–Kier alpha value is -1.78. The summed E-state index contributed by atoms with van der Waals surface area (Å²) in [4.78, 5) is 4.53. The standard InChI is InChI=1S/C14H11FN2S/c15-11-3-1-2-10(7-11)14-17-12-6-9(8-16)4-5-13(12)18-14/h1-7H,8,16H2. The lowest BCUT2D eigenvalue weighted by Gasteiger charge is -1.94. The molecule has 1 aromatic heterocycles. The monoisotopic (exact) mass is 258 g/mol. The fraction of sp³-hybridized carbons (Fsp3) is 0.0714. The van der Waals surface area contributed by atoms with Gasteiger partial charge < -0.3 is 5.73 Å². The van der Waals surface area contributed by atoms with E-state index < -0.39 is 0 Å². The van der Waals surface area contributed by atoms with E-state index in [0.29, 0.717) is 6.54 Å². The van der Waals surface area contributed by atoms with Crippen molar-refractivity contribution in [3.8, 4) is 10.6 Å². The van der Waals surface area contributed by atoms with E-state index in [1.54, 1.807) is 17.4 Å². The molecule has 90 valence electrons. The summed E-state index contributed by atoms with van der Waals surface area (Å²) < 4.78 is 14.3. The average molecular weight is 258 g/mol. The Morgan fingerprint density at radius 3 is 2.83 bits per heavy atom. The van der Waals surface area contributed by atoms with Gasteiger partial charge in [0.2, 0.25) is 0 Å². The number of thiazole rings is 1. The third kappa shape index (κ3) is 2.00. The number of rotatable bonds is 2. The molecule has 0 aliphatic rings. The molecule has 2 N–H and O–H groups in total. The Balaban J connectivity index is 2.13. The Bertz CT molecular complexity index is 706. The number of fused-ring (bicyclic) bond motifs is 1. The van der Waals surface area contributed by atoms with Gasteiger partial charge in [-0.05, 0) is 29.8 Å². The van der Waals surface area contributed by atoms with E-state index in [-0.39, 0.29) is 5.82 Å². The van der Waals surface area contributed by atoms with Crippen LogP contribution in [0.2, 0.25) is 0 Å². The van der Waals surface area contributed by atoms with Crippen LogP contribution in [-0.4, -0.2) is 4.98 Å². The Morgan fingerprint density at radius 2 is 2.06 bits per heavy atom. The number of halogens is 1. The first-order valence-electron chi connectivity index (χ1n) is 5.62. The van der Waals surface area contributed by atoms with Crippen LogP contribution < -0.4 is 5.73 Å². The molecule has 18 heavy (non-hydrogen) atoms. The Labute approximate surface area is 108 Å². The summed E-state index contributed by atoms with van der Waals surface area (Å²) in [5.74, 6) is -0.241. The van der Waals surface area contributed by atoms with Crippen molar-refractivity contribution in [3.05, 3.63) is 53.8 Å². The molecule has 0 atom stereocenters. The highest BCUT2D eigenvalue weighted by Crippen LogP contribution is 2.30. The van der Waals surface area contributed by atoms with Crippen molar-refractivity contribution in [1.29, 1.82) is 0 Å². The highest BCUT2D eigenvalue weighted by molar-refractivity contribution is 7.21. The molecule has 0 saturated carbocycles. The van der Waals surface area contributed by atoms with Crippen molar-refractivity contribution < 1.29 is 4.39 Å². The lowest BCUT2D eigenvalue weighted by molar-refractivity contribution is 0.628. The molecule has 3 rings (SSSR count). The smallest absolute Gasteiger partial charge is 0.124 e. The van der Waals surface area contributed by atoms with E-state index in [4.69, 9.17) is 5.73 Å². The molecule has 0 spiro atoms. The maximum Gasteiger partial charge on any atom is 0.124 e. The minimum atomic E-state index is -0.241. The van der Waals surface area contributed by atoms with Crippen molar-refractivity contribution in [3.63, 3.8) is 0 Å². The van der Waals surface area contributed by atoms with Crippen molar-refractivity contribution in [2.24, 2.45) is 5.73 Å². The van der Waals surface area contributed by atoms with E-state index in [0.717, 1.165) is 26.4 Å². The molecular formula is C14H11FN2S. The molecular weight excluding hydrogens is 247 g/mol. The van der Waals surface area contributed by atoms with E-state index in [2.05, 4.69) is 4.98 Å². The molecule has 2 nitrogen and oxygen atoms in total. The summed E-state index contributed by atoms with van der Waals surface area (Å²) in [5, 5.41) is 0.832. The van der Waals surface area contributed by atoms with Crippen LogP contribution in [0.15, 0.2) is 42.5 Å². The topological polar surface area (TPSA) is 38.9 Å². The third-order valence-electron chi connectivity index (χ3n) is 2.76. The Morgan fingerprint density at radius 1 is 1.17 bits per heavy atom. The van der Waals surface area contributed by atoms with Crippen LogP contribution in [0.4, 0.5) is 4.39 Å². The number of benzene rings is 2. The molecule has 2 aromatic carbocycles. The van der Waals surface area contributed by atoms with E-state index >= 15 is 0 Å². The highest BCUT2D eigenvalue weighted by atomic mass is 32.1.